The maximum Gasteiger partial charge on any atom is 0.410 e. The van der Waals surface area contributed by atoms with E-state index in [2.05, 4.69) is 27.1 Å². The van der Waals surface area contributed by atoms with Crippen LogP contribution in [0.3, 0.4) is 0 Å². The molecule has 1 aliphatic rings. The number of likely N-dealkylation sites (tertiary alicyclic amines) is 1. The zero-order valence-electron chi connectivity index (χ0n) is 14.8. The van der Waals surface area contributed by atoms with E-state index in [1.807, 2.05) is 0 Å². The summed E-state index contributed by atoms with van der Waals surface area (Å²) in [6, 6.07) is -0.498. The lowest BCUT2D eigenvalue weighted by Gasteiger charge is -2.36. The number of carbonyl (C=O) groups is 1. The van der Waals surface area contributed by atoms with Gasteiger partial charge in [0, 0.05) is 12.7 Å². The Morgan fingerprint density at radius 3 is 2.84 bits per heavy atom. The van der Waals surface area contributed by atoms with E-state index in [1.54, 1.807) is 27.7 Å². The third-order valence-corrected chi connectivity index (χ3v) is 3.72. The molecule has 8 heteroatoms. The molecule has 136 valence electrons. The molecule has 1 fully saturated rings. The highest BCUT2D eigenvalue weighted by molar-refractivity contribution is 6.28. The van der Waals surface area contributed by atoms with Gasteiger partial charge >= 0.3 is 6.09 Å². The maximum absolute atomic E-state index is 14.6. The van der Waals surface area contributed by atoms with E-state index in [9.17, 15) is 9.18 Å². The van der Waals surface area contributed by atoms with Crippen LogP contribution in [-0.4, -0.2) is 51.9 Å². The minimum atomic E-state index is -1.27. The molecule has 0 unspecified atom stereocenters. The molecule has 0 aromatic carbocycles. The van der Waals surface area contributed by atoms with Crippen molar-refractivity contribution in [2.24, 2.45) is 0 Å². The molecule has 1 aliphatic heterocycles. The van der Waals surface area contributed by atoms with Gasteiger partial charge in [0.25, 0.3) is 0 Å². The molecule has 1 aromatic heterocycles. The summed E-state index contributed by atoms with van der Waals surface area (Å²) in [7, 11) is 0. The van der Waals surface area contributed by atoms with E-state index in [-0.39, 0.29) is 11.8 Å². The van der Waals surface area contributed by atoms with Gasteiger partial charge in [-0.3, -0.25) is 0 Å². The smallest absolute Gasteiger partial charge is 0.410 e. The zero-order valence-corrected chi connectivity index (χ0v) is 15.5. The van der Waals surface area contributed by atoms with Gasteiger partial charge in [-0.1, -0.05) is 5.92 Å². The van der Waals surface area contributed by atoms with E-state index >= 15 is 0 Å². The van der Waals surface area contributed by atoms with Crippen molar-refractivity contribution in [3.8, 4) is 11.8 Å². The van der Waals surface area contributed by atoms with Gasteiger partial charge in [0.05, 0.1) is 18.2 Å². The fraction of sp³-hybridized carbons (Fsp3) is 0.588. The second-order valence-electron chi connectivity index (χ2n) is 6.76. The van der Waals surface area contributed by atoms with E-state index in [0.29, 0.717) is 24.3 Å². The molecule has 6 nitrogen and oxygen atoms in total. The molecule has 0 bridgehead atoms. The van der Waals surface area contributed by atoms with E-state index in [4.69, 9.17) is 16.3 Å². The number of rotatable bonds is 2. The molecule has 1 saturated heterocycles. The van der Waals surface area contributed by atoms with Crippen molar-refractivity contribution in [2.45, 2.75) is 51.9 Å². The second kappa shape index (κ2) is 7.87. The molecule has 0 aliphatic carbocycles. The van der Waals surface area contributed by atoms with Gasteiger partial charge in [-0.15, -0.1) is 5.92 Å². The highest BCUT2D eigenvalue weighted by Crippen LogP contribution is 2.22. The zero-order chi connectivity index (χ0) is 18.6. The maximum atomic E-state index is 14.6. The van der Waals surface area contributed by atoms with Crippen LogP contribution < -0.4 is 5.32 Å². The normalized spacial score (nSPS) is 20.5. The number of ether oxygens (including phenoxy) is 1. The molecule has 25 heavy (non-hydrogen) atoms. The van der Waals surface area contributed by atoms with Gasteiger partial charge in [-0.2, -0.15) is 4.98 Å². The Balaban J connectivity index is 2.04. The number of aromatic nitrogens is 2. The molecular formula is C17H22ClFN4O2. The lowest BCUT2D eigenvalue weighted by Crippen LogP contribution is -2.51. The molecule has 1 aromatic rings. The number of carbonyl (C=O) groups excluding carboxylic acids is 1. The number of anilines is 1. The summed E-state index contributed by atoms with van der Waals surface area (Å²) in [5.74, 6) is 6.01. The molecule has 1 amide bonds. The summed E-state index contributed by atoms with van der Waals surface area (Å²) >= 11 is 5.82. The summed E-state index contributed by atoms with van der Waals surface area (Å²) in [4.78, 5) is 21.4. The van der Waals surface area contributed by atoms with Crippen molar-refractivity contribution >= 4 is 23.5 Å². The Kier molecular flexibility index (Phi) is 6.07. The first kappa shape index (κ1) is 19.3. The van der Waals surface area contributed by atoms with Crippen LogP contribution in [0, 0.1) is 11.8 Å². The summed E-state index contributed by atoms with van der Waals surface area (Å²) in [5, 5.41) is 3.10. The first-order valence-electron chi connectivity index (χ1n) is 8.03. The van der Waals surface area contributed by atoms with Crippen molar-refractivity contribution < 1.29 is 13.9 Å². The fourth-order valence-electron chi connectivity index (χ4n) is 2.43. The molecule has 1 N–H and O–H groups in total. The van der Waals surface area contributed by atoms with Gasteiger partial charge in [0.15, 0.2) is 0 Å². The Morgan fingerprint density at radius 1 is 1.52 bits per heavy atom. The van der Waals surface area contributed by atoms with Crippen molar-refractivity contribution in [3.05, 3.63) is 17.0 Å². The van der Waals surface area contributed by atoms with Crippen LogP contribution in [0.25, 0.3) is 0 Å². The van der Waals surface area contributed by atoms with Gasteiger partial charge < -0.3 is 15.0 Å². The Labute approximate surface area is 152 Å². The third kappa shape index (κ3) is 5.46. The summed E-state index contributed by atoms with van der Waals surface area (Å²) < 4.78 is 19.9. The lowest BCUT2D eigenvalue weighted by atomic mass is 10.0. The Hall–Kier alpha value is -2.07. The molecule has 2 atom stereocenters. The van der Waals surface area contributed by atoms with Gasteiger partial charge in [0.1, 0.15) is 17.6 Å². The van der Waals surface area contributed by atoms with E-state index < -0.39 is 23.9 Å². The summed E-state index contributed by atoms with van der Waals surface area (Å²) in [6.45, 7) is 7.38. The fourth-order valence-corrected chi connectivity index (χ4v) is 2.57. The van der Waals surface area contributed by atoms with Gasteiger partial charge in [-0.25, -0.2) is 14.2 Å². The predicted octanol–water partition coefficient (Wildman–Crippen LogP) is 3.26. The van der Waals surface area contributed by atoms with Crippen LogP contribution in [-0.2, 0) is 4.74 Å². The van der Waals surface area contributed by atoms with Crippen LogP contribution in [0.4, 0.5) is 15.0 Å². The first-order valence-corrected chi connectivity index (χ1v) is 8.41. The molecule has 2 heterocycles. The average molecular weight is 369 g/mol. The molecule has 0 radical (unpaired) electrons. The largest absolute Gasteiger partial charge is 0.444 e. The van der Waals surface area contributed by atoms with Crippen LogP contribution in [0.15, 0.2) is 6.20 Å². The topological polar surface area (TPSA) is 67.4 Å². The molecule has 0 saturated carbocycles. The quantitative estimate of drug-likeness (QED) is 0.641. The molecule has 0 spiro atoms. The number of amides is 1. The first-order chi connectivity index (χ1) is 11.7. The monoisotopic (exact) mass is 368 g/mol. The van der Waals surface area contributed by atoms with Crippen LogP contribution in [0.1, 0.15) is 39.7 Å². The van der Waals surface area contributed by atoms with Crippen LogP contribution in [0.5, 0.6) is 0 Å². The minimum absolute atomic E-state index is 0.0415. The van der Waals surface area contributed by atoms with E-state index in [1.165, 1.54) is 11.1 Å². The standard InChI is InChI=1S/C17H22ClFN4O2/c1-5-6-11-9-20-15(18)22-14(11)21-13-7-8-23(10-12(13)19)16(24)25-17(2,3)4/h9,12-13H,7-8,10H2,1-4H3,(H,20,21,22)/t12-,13+/m1/s1. The number of alkyl halides is 1. The number of hydrogen-bond donors (Lipinski definition) is 1. The van der Waals surface area contributed by atoms with Crippen molar-refractivity contribution in [1.82, 2.24) is 14.9 Å². The Bertz CT molecular complexity index is 696. The van der Waals surface area contributed by atoms with Crippen molar-refractivity contribution in [2.75, 3.05) is 18.4 Å². The number of nitrogens with one attached hydrogen (secondary N) is 1. The second-order valence-corrected chi connectivity index (χ2v) is 7.10. The molecule has 2 rings (SSSR count). The van der Waals surface area contributed by atoms with Crippen molar-refractivity contribution in [1.29, 1.82) is 0 Å². The number of halogens is 2. The third-order valence-electron chi connectivity index (χ3n) is 3.53. The minimum Gasteiger partial charge on any atom is -0.444 e. The average Bonchev–Trinajstić information content (AvgIpc) is 2.50. The number of piperidine rings is 1. The predicted molar refractivity (Wildman–Crippen MR) is 94.3 cm³/mol. The van der Waals surface area contributed by atoms with Gasteiger partial charge in [-0.05, 0) is 45.7 Å². The highest BCUT2D eigenvalue weighted by Gasteiger charge is 2.34. The summed E-state index contributed by atoms with van der Waals surface area (Å²) in [6.07, 6.45) is 0.145. The Morgan fingerprint density at radius 2 is 2.24 bits per heavy atom. The van der Waals surface area contributed by atoms with Crippen LogP contribution >= 0.6 is 11.6 Å². The van der Waals surface area contributed by atoms with Crippen LogP contribution in [0.2, 0.25) is 5.28 Å². The number of nitrogens with zero attached hydrogens (tertiary/aromatic N) is 3. The van der Waals surface area contributed by atoms with Crippen molar-refractivity contribution in [3.63, 3.8) is 0 Å². The highest BCUT2D eigenvalue weighted by atomic mass is 35.5. The number of hydrogen-bond acceptors (Lipinski definition) is 5. The van der Waals surface area contributed by atoms with Gasteiger partial charge in [0.2, 0.25) is 5.28 Å². The summed E-state index contributed by atoms with van der Waals surface area (Å²) in [5.41, 5.74) is -0.0580. The SMILES string of the molecule is CC#Cc1cnc(Cl)nc1N[C@H]1CCN(C(=O)OC(C)(C)C)C[C@H]1F. The lowest BCUT2D eigenvalue weighted by molar-refractivity contribution is 0.0125. The molecular weight excluding hydrogens is 347 g/mol. The van der Waals surface area contributed by atoms with E-state index in [0.717, 1.165) is 0 Å².